The molecule has 2 aromatic rings. The molecule has 9 heteroatoms. The summed E-state index contributed by atoms with van der Waals surface area (Å²) in [5.74, 6) is -0.366. The van der Waals surface area contributed by atoms with Gasteiger partial charge in [0, 0.05) is 18.7 Å². The number of aliphatic hydroxyl groups excluding tert-OH is 1. The van der Waals surface area contributed by atoms with E-state index in [4.69, 9.17) is 25.8 Å². The van der Waals surface area contributed by atoms with E-state index in [9.17, 15) is 14.7 Å². The predicted molar refractivity (Wildman–Crippen MR) is 139 cm³/mol. The molecule has 1 amide bonds. The summed E-state index contributed by atoms with van der Waals surface area (Å²) in [4.78, 5) is 30.2. The maximum absolute atomic E-state index is 13.3. The number of carbonyl (C=O) groups excluding carboxylic acids is 2. The molecule has 0 saturated carbocycles. The van der Waals surface area contributed by atoms with Crippen LogP contribution in [0.4, 0.5) is 0 Å². The first kappa shape index (κ1) is 27.4. The van der Waals surface area contributed by atoms with Crippen LogP contribution in [-0.2, 0) is 9.59 Å². The summed E-state index contributed by atoms with van der Waals surface area (Å²) in [7, 11) is 3.05. The van der Waals surface area contributed by atoms with Gasteiger partial charge in [0.25, 0.3) is 11.7 Å². The van der Waals surface area contributed by atoms with Crippen molar-refractivity contribution < 1.29 is 28.9 Å². The molecule has 194 valence electrons. The molecule has 0 radical (unpaired) electrons. The third-order valence-electron chi connectivity index (χ3n) is 6.32. The fraction of sp³-hybridized carbons (Fsp3) is 0.407. The highest BCUT2D eigenvalue weighted by Crippen LogP contribution is 2.42. The van der Waals surface area contributed by atoms with E-state index in [-0.39, 0.29) is 11.3 Å². The minimum absolute atomic E-state index is 0.00321. The first-order valence-corrected chi connectivity index (χ1v) is 12.3. The molecule has 3 rings (SSSR count). The van der Waals surface area contributed by atoms with Crippen molar-refractivity contribution in [2.75, 3.05) is 47.0 Å². The van der Waals surface area contributed by atoms with Gasteiger partial charge in [-0.15, -0.1) is 0 Å². The van der Waals surface area contributed by atoms with Crippen molar-refractivity contribution in [2.45, 2.75) is 26.8 Å². The minimum atomic E-state index is -0.813. The number of benzene rings is 2. The number of aliphatic hydroxyl groups is 1. The largest absolute Gasteiger partial charge is 0.507 e. The topological polar surface area (TPSA) is 88.5 Å². The molecule has 1 heterocycles. The SMILES string of the molecule is CCOc1cc(/C(O)=C2/C(=O)C(=O)N(CCN(CC)CC)C2c2ccc(OC)c(OC)c2)ccc1Cl. The number of hydrogen-bond acceptors (Lipinski definition) is 7. The second-order valence-electron chi connectivity index (χ2n) is 8.21. The average Bonchev–Trinajstić information content (AvgIpc) is 3.14. The van der Waals surface area contributed by atoms with Crippen molar-refractivity contribution in [3.8, 4) is 17.2 Å². The Hall–Kier alpha value is -3.23. The molecule has 1 N–H and O–H groups in total. The van der Waals surface area contributed by atoms with Crippen LogP contribution in [0.15, 0.2) is 42.0 Å². The Morgan fingerprint density at radius 1 is 1.00 bits per heavy atom. The molecule has 1 unspecified atom stereocenters. The molecular formula is C27H33ClN2O6. The molecule has 36 heavy (non-hydrogen) atoms. The Morgan fingerprint density at radius 3 is 2.31 bits per heavy atom. The molecule has 2 aromatic carbocycles. The minimum Gasteiger partial charge on any atom is -0.507 e. The Kier molecular flexibility index (Phi) is 9.23. The van der Waals surface area contributed by atoms with Gasteiger partial charge < -0.3 is 29.1 Å². The second-order valence-corrected chi connectivity index (χ2v) is 8.62. The molecule has 0 bridgehead atoms. The van der Waals surface area contributed by atoms with Gasteiger partial charge in [-0.05, 0) is 55.9 Å². The highest BCUT2D eigenvalue weighted by atomic mass is 35.5. The number of hydrogen-bond donors (Lipinski definition) is 1. The molecule has 1 aliphatic rings. The zero-order chi connectivity index (χ0) is 26.4. The molecular weight excluding hydrogens is 484 g/mol. The van der Waals surface area contributed by atoms with Gasteiger partial charge >= 0.3 is 0 Å². The van der Waals surface area contributed by atoms with Gasteiger partial charge in [0.05, 0.1) is 37.5 Å². The Balaban J connectivity index is 2.17. The van der Waals surface area contributed by atoms with E-state index in [1.165, 1.54) is 19.1 Å². The van der Waals surface area contributed by atoms with Crippen molar-refractivity contribution in [3.63, 3.8) is 0 Å². The first-order chi connectivity index (χ1) is 17.3. The number of likely N-dealkylation sites (tertiary alicyclic amines) is 1. The van der Waals surface area contributed by atoms with Gasteiger partial charge in [-0.1, -0.05) is 31.5 Å². The van der Waals surface area contributed by atoms with Gasteiger partial charge in [-0.2, -0.15) is 0 Å². The van der Waals surface area contributed by atoms with Gasteiger partial charge in [0.1, 0.15) is 11.5 Å². The van der Waals surface area contributed by atoms with E-state index in [1.54, 1.807) is 36.4 Å². The number of carbonyl (C=O) groups is 2. The summed E-state index contributed by atoms with van der Waals surface area (Å²) in [6, 6.07) is 9.14. The van der Waals surface area contributed by atoms with Crippen LogP contribution in [0.25, 0.3) is 5.76 Å². The number of likely N-dealkylation sites (N-methyl/N-ethyl adjacent to an activating group) is 1. The lowest BCUT2D eigenvalue weighted by molar-refractivity contribution is -0.140. The number of ketones is 1. The van der Waals surface area contributed by atoms with Crippen LogP contribution < -0.4 is 14.2 Å². The number of ether oxygens (including phenoxy) is 3. The number of nitrogens with zero attached hydrogens (tertiary/aromatic N) is 2. The van der Waals surface area contributed by atoms with Crippen LogP contribution >= 0.6 is 11.6 Å². The quantitative estimate of drug-likeness (QED) is 0.267. The Bertz CT molecular complexity index is 1150. The Labute approximate surface area is 217 Å². The maximum Gasteiger partial charge on any atom is 0.295 e. The van der Waals surface area contributed by atoms with Gasteiger partial charge in [0.15, 0.2) is 11.5 Å². The van der Waals surface area contributed by atoms with E-state index >= 15 is 0 Å². The van der Waals surface area contributed by atoms with Crippen LogP contribution in [-0.4, -0.2) is 73.6 Å². The summed E-state index contributed by atoms with van der Waals surface area (Å²) in [6.45, 7) is 8.80. The van der Waals surface area contributed by atoms with E-state index in [0.717, 1.165) is 13.1 Å². The summed E-state index contributed by atoms with van der Waals surface area (Å²) in [5.41, 5.74) is 0.943. The third-order valence-corrected chi connectivity index (χ3v) is 6.63. The highest BCUT2D eigenvalue weighted by molar-refractivity contribution is 6.46. The summed E-state index contributed by atoms with van der Waals surface area (Å²) < 4.78 is 16.4. The molecule has 8 nitrogen and oxygen atoms in total. The average molecular weight is 517 g/mol. The fourth-order valence-corrected chi connectivity index (χ4v) is 4.51. The molecule has 0 aliphatic carbocycles. The number of rotatable bonds is 11. The Morgan fingerprint density at radius 2 is 1.69 bits per heavy atom. The first-order valence-electron chi connectivity index (χ1n) is 12.0. The number of amides is 1. The van der Waals surface area contributed by atoms with Crippen molar-refractivity contribution in [1.29, 1.82) is 0 Å². The summed E-state index contributed by atoms with van der Waals surface area (Å²) in [5, 5.41) is 11.7. The van der Waals surface area contributed by atoms with E-state index in [0.29, 0.717) is 53.1 Å². The molecule has 0 aromatic heterocycles. The molecule has 0 spiro atoms. The predicted octanol–water partition coefficient (Wildman–Crippen LogP) is 4.52. The van der Waals surface area contributed by atoms with Crippen molar-refractivity contribution in [1.82, 2.24) is 9.80 Å². The lowest BCUT2D eigenvalue weighted by Gasteiger charge is -2.28. The summed E-state index contributed by atoms with van der Waals surface area (Å²) in [6.07, 6.45) is 0. The fourth-order valence-electron chi connectivity index (χ4n) is 4.34. The summed E-state index contributed by atoms with van der Waals surface area (Å²) >= 11 is 6.22. The lowest BCUT2D eigenvalue weighted by atomic mass is 9.95. The number of Topliss-reactive ketones (excluding diaryl/α,β-unsaturated/α-hetero) is 1. The van der Waals surface area contributed by atoms with E-state index < -0.39 is 17.7 Å². The molecule has 1 aliphatic heterocycles. The van der Waals surface area contributed by atoms with Crippen molar-refractivity contribution in [2.24, 2.45) is 0 Å². The van der Waals surface area contributed by atoms with Gasteiger partial charge in [-0.3, -0.25) is 9.59 Å². The zero-order valence-electron chi connectivity index (χ0n) is 21.3. The zero-order valence-corrected chi connectivity index (χ0v) is 22.1. The monoisotopic (exact) mass is 516 g/mol. The normalized spacial score (nSPS) is 17.1. The maximum atomic E-state index is 13.3. The second kappa shape index (κ2) is 12.1. The van der Waals surface area contributed by atoms with Gasteiger partial charge in [0.2, 0.25) is 0 Å². The number of methoxy groups -OCH3 is 2. The molecule has 1 saturated heterocycles. The smallest absolute Gasteiger partial charge is 0.295 e. The van der Waals surface area contributed by atoms with E-state index in [1.807, 2.05) is 20.8 Å². The number of halogens is 1. The van der Waals surface area contributed by atoms with Crippen molar-refractivity contribution in [3.05, 3.63) is 58.1 Å². The third kappa shape index (κ3) is 5.44. The lowest BCUT2D eigenvalue weighted by Crippen LogP contribution is -2.38. The standard InChI is InChI=1S/C27H33ClN2O6/c1-6-29(7-2)13-14-30-24(17-10-12-20(34-4)22(15-17)35-5)23(26(32)27(30)33)25(31)18-9-11-19(28)21(16-18)36-8-3/h9-12,15-16,24,31H,6-8,13-14H2,1-5H3/b25-23-. The van der Waals surface area contributed by atoms with Crippen LogP contribution in [0, 0.1) is 0 Å². The molecule has 1 atom stereocenters. The van der Waals surface area contributed by atoms with E-state index in [2.05, 4.69) is 4.90 Å². The van der Waals surface area contributed by atoms with Crippen LogP contribution in [0.3, 0.4) is 0 Å². The molecule has 1 fully saturated rings. The van der Waals surface area contributed by atoms with Crippen LogP contribution in [0.5, 0.6) is 17.2 Å². The van der Waals surface area contributed by atoms with Gasteiger partial charge in [-0.25, -0.2) is 0 Å². The highest BCUT2D eigenvalue weighted by Gasteiger charge is 2.46. The van der Waals surface area contributed by atoms with Crippen molar-refractivity contribution >= 4 is 29.1 Å². The van der Waals surface area contributed by atoms with Crippen LogP contribution in [0.1, 0.15) is 37.9 Å². The van der Waals surface area contributed by atoms with Crippen LogP contribution in [0.2, 0.25) is 5.02 Å².